The number of ether oxygens (including phenoxy) is 2. The number of benzene rings is 1. The number of hydrogen-bond donors (Lipinski definition) is 0. The molecule has 0 saturated carbocycles. The molecule has 0 radical (unpaired) electrons. The van der Waals surface area contributed by atoms with Crippen LogP contribution in [0.2, 0.25) is 0 Å². The molecule has 0 bridgehead atoms. The Morgan fingerprint density at radius 2 is 1.75 bits per heavy atom. The Morgan fingerprint density at radius 1 is 1.05 bits per heavy atom. The number of rotatable bonds is 4. The van der Waals surface area contributed by atoms with Crippen LogP contribution in [0.4, 0.5) is 0 Å². The predicted molar refractivity (Wildman–Crippen MR) is 83.4 cm³/mol. The van der Waals surface area contributed by atoms with Gasteiger partial charge in [0.1, 0.15) is 22.2 Å². The van der Waals surface area contributed by atoms with Crippen molar-refractivity contribution in [2.24, 2.45) is 0 Å². The average Bonchev–Trinajstić information content (AvgIpc) is 3.13. The van der Waals surface area contributed by atoms with Gasteiger partial charge in [0.15, 0.2) is 0 Å². The Morgan fingerprint density at radius 3 is 2.45 bits per heavy atom. The van der Waals surface area contributed by atoms with Gasteiger partial charge >= 0.3 is 5.97 Å². The molecule has 2 saturated heterocycles. The van der Waals surface area contributed by atoms with Crippen LogP contribution >= 0.6 is 23.5 Å². The largest absolute Gasteiger partial charge is 0.479 e. The zero-order chi connectivity index (χ0) is 13.8. The number of hydrogen-bond acceptors (Lipinski definition) is 5. The van der Waals surface area contributed by atoms with E-state index in [2.05, 4.69) is 0 Å². The van der Waals surface area contributed by atoms with Crippen molar-refractivity contribution in [3.05, 3.63) is 29.8 Å². The van der Waals surface area contributed by atoms with Gasteiger partial charge in [-0.15, -0.1) is 23.5 Å². The summed E-state index contributed by atoms with van der Waals surface area (Å²) in [6.07, 6.45) is 4.31. The molecule has 20 heavy (non-hydrogen) atoms. The molecule has 2 fully saturated rings. The maximum Gasteiger partial charge on any atom is 0.343 e. The zero-order valence-electron chi connectivity index (χ0n) is 11.2. The van der Waals surface area contributed by atoms with Crippen LogP contribution in [-0.4, -0.2) is 28.3 Å². The van der Waals surface area contributed by atoms with Crippen LogP contribution in [0.25, 0.3) is 0 Å². The highest BCUT2D eigenvalue weighted by Crippen LogP contribution is 2.32. The molecule has 0 amide bonds. The summed E-state index contributed by atoms with van der Waals surface area (Å²) in [4.78, 5) is 12.3. The van der Waals surface area contributed by atoms with Gasteiger partial charge in [0.25, 0.3) is 0 Å². The van der Waals surface area contributed by atoms with Crippen LogP contribution in [0, 0.1) is 0 Å². The second-order valence-corrected chi connectivity index (χ2v) is 7.44. The molecule has 1 aromatic rings. The summed E-state index contributed by atoms with van der Waals surface area (Å²) in [6, 6.07) is 7.40. The Balaban J connectivity index is 1.69. The van der Waals surface area contributed by atoms with Gasteiger partial charge in [-0.1, -0.05) is 12.1 Å². The summed E-state index contributed by atoms with van der Waals surface area (Å²) < 4.78 is 11.5. The smallest absolute Gasteiger partial charge is 0.343 e. The van der Waals surface area contributed by atoms with Crippen LogP contribution in [0.15, 0.2) is 24.3 Å². The second kappa shape index (κ2) is 6.76. The van der Waals surface area contributed by atoms with Gasteiger partial charge in [-0.05, 0) is 49.3 Å². The maximum absolute atomic E-state index is 12.3. The highest BCUT2D eigenvalue weighted by atomic mass is 32.2. The lowest BCUT2D eigenvalue weighted by atomic mass is 10.2. The van der Waals surface area contributed by atoms with Crippen LogP contribution in [0.1, 0.15) is 36.0 Å². The van der Waals surface area contributed by atoms with Crippen LogP contribution in [-0.2, 0) is 4.74 Å². The molecule has 3 nitrogen and oxygen atoms in total. The van der Waals surface area contributed by atoms with Crippen molar-refractivity contribution in [1.29, 1.82) is 0 Å². The quantitative estimate of drug-likeness (QED) is 0.787. The standard InChI is InChI=1S/C15H18O3S2/c16-15(18-14-8-4-10-20-14)11-5-1-2-6-12(11)17-13-7-3-9-19-13/h1-2,5-6,13-14H,3-4,7-10H2. The van der Waals surface area contributed by atoms with E-state index in [0.29, 0.717) is 11.3 Å². The van der Waals surface area contributed by atoms with Gasteiger partial charge in [0, 0.05) is 0 Å². The third-order valence-electron chi connectivity index (χ3n) is 3.38. The third-order valence-corrected chi connectivity index (χ3v) is 5.84. The Hall–Kier alpha value is -0.810. The highest BCUT2D eigenvalue weighted by molar-refractivity contribution is 8.00. The first kappa shape index (κ1) is 14.1. The Bertz CT molecular complexity index is 466. The van der Waals surface area contributed by atoms with Crippen molar-refractivity contribution in [1.82, 2.24) is 0 Å². The molecule has 2 aliphatic heterocycles. The average molecular weight is 310 g/mol. The van der Waals surface area contributed by atoms with Gasteiger partial charge in [-0.2, -0.15) is 0 Å². The minimum Gasteiger partial charge on any atom is -0.479 e. The van der Waals surface area contributed by atoms with E-state index in [9.17, 15) is 4.79 Å². The van der Waals surface area contributed by atoms with Crippen molar-refractivity contribution < 1.29 is 14.3 Å². The Kier molecular flexibility index (Phi) is 4.78. The Labute approximate surface area is 127 Å². The van der Waals surface area contributed by atoms with E-state index in [1.165, 1.54) is 6.42 Å². The molecular weight excluding hydrogens is 292 g/mol. The van der Waals surface area contributed by atoms with Crippen molar-refractivity contribution in [3.8, 4) is 5.75 Å². The van der Waals surface area contributed by atoms with Gasteiger partial charge in [0.05, 0.1) is 0 Å². The monoisotopic (exact) mass is 310 g/mol. The molecule has 2 unspecified atom stereocenters. The summed E-state index contributed by atoms with van der Waals surface area (Å²) >= 11 is 3.53. The first-order valence-electron chi connectivity index (χ1n) is 7.03. The van der Waals surface area contributed by atoms with E-state index < -0.39 is 0 Å². The summed E-state index contributed by atoms with van der Waals surface area (Å²) in [6.45, 7) is 0. The summed E-state index contributed by atoms with van der Waals surface area (Å²) in [5, 5.41) is 0. The third kappa shape index (κ3) is 3.44. The van der Waals surface area contributed by atoms with Crippen LogP contribution in [0.3, 0.4) is 0 Å². The fraction of sp³-hybridized carbons (Fsp3) is 0.533. The molecule has 2 heterocycles. The van der Waals surface area contributed by atoms with Crippen molar-refractivity contribution >= 4 is 29.5 Å². The molecule has 3 rings (SSSR count). The first-order chi connectivity index (χ1) is 9.83. The van der Waals surface area contributed by atoms with Gasteiger partial charge < -0.3 is 9.47 Å². The number of para-hydroxylation sites is 1. The van der Waals surface area contributed by atoms with Crippen LogP contribution in [0.5, 0.6) is 5.75 Å². The van der Waals surface area contributed by atoms with Gasteiger partial charge in [0.2, 0.25) is 0 Å². The second-order valence-electron chi connectivity index (χ2n) is 4.90. The van der Waals surface area contributed by atoms with Crippen molar-refractivity contribution in [2.45, 2.75) is 36.6 Å². The molecule has 1 aromatic carbocycles. The summed E-state index contributed by atoms with van der Waals surface area (Å²) in [7, 11) is 0. The normalized spacial score (nSPS) is 25.6. The summed E-state index contributed by atoms with van der Waals surface area (Å²) in [5.74, 6) is 2.60. The predicted octanol–water partition coefficient (Wildman–Crippen LogP) is 3.93. The maximum atomic E-state index is 12.3. The topological polar surface area (TPSA) is 35.5 Å². The molecule has 0 N–H and O–H groups in total. The van der Waals surface area contributed by atoms with E-state index in [1.807, 2.05) is 30.0 Å². The van der Waals surface area contributed by atoms with Crippen molar-refractivity contribution in [2.75, 3.05) is 11.5 Å². The van der Waals surface area contributed by atoms with Gasteiger partial charge in [-0.3, -0.25) is 0 Å². The number of thioether (sulfide) groups is 2. The minimum absolute atomic E-state index is 0.0106. The fourth-order valence-electron chi connectivity index (χ4n) is 2.34. The molecule has 2 atom stereocenters. The zero-order valence-corrected chi connectivity index (χ0v) is 12.9. The van der Waals surface area contributed by atoms with E-state index in [1.54, 1.807) is 17.8 Å². The molecule has 2 aliphatic rings. The van der Waals surface area contributed by atoms with E-state index >= 15 is 0 Å². The van der Waals surface area contributed by atoms with Crippen LogP contribution < -0.4 is 4.74 Å². The lowest BCUT2D eigenvalue weighted by Gasteiger charge is -2.16. The number of esters is 1. The highest BCUT2D eigenvalue weighted by Gasteiger charge is 2.24. The molecule has 108 valence electrons. The lowest BCUT2D eigenvalue weighted by molar-refractivity contribution is 0.0452. The summed E-state index contributed by atoms with van der Waals surface area (Å²) in [5.41, 5.74) is 0.730. The van der Waals surface area contributed by atoms with Gasteiger partial charge in [-0.25, -0.2) is 4.79 Å². The molecule has 5 heteroatoms. The SMILES string of the molecule is O=C(OC1CCCS1)c1ccccc1OC1CCCS1. The lowest BCUT2D eigenvalue weighted by Crippen LogP contribution is -2.15. The number of carbonyl (C=O) groups is 1. The van der Waals surface area contributed by atoms with E-state index in [-0.39, 0.29) is 16.8 Å². The van der Waals surface area contributed by atoms with E-state index in [4.69, 9.17) is 9.47 Å². The first-order valence-corrected chi connectivity index (χ1v) is 9.12. The van der Waals surface area contributed by atoms with Crippen molar-refractivity contribution in [3.63, 3.8) is 0 Å². The fourth-order valence-corrected chi connectivity index (χ4v) is 4.53. The molecule has 0 spiro atoms. The minimum atomic E-state index is -0.261. The molecule has 0 aromatic heterocycles. The number of carbonyl (C=O) groups excluding carboxylic acids is 1. The molecule has 0 aliphatic carbocycles. The molecular formula is C15H18O3S2. The van der Waals surface area contributed by atoms with E-state index in [0.717, 1.165) is 30.8 Å².